The molecule has 6 heteroatoms. The maximum Gasteiger partial charge on any atom is 0.273 e. The van der Waals surface area contributed by atoms with Crippen molar-refractivity contribution >= 4 is 27.1 Å². The van der Waals surface area contributed by atoms with Gasteiger partial charge in [-0.15, -0.1) is 0 Å². The van der Waals surface area contributed by atoms with E-state index in [0.29, 0.717) is 16.9 Å². The molecule has 1 N–H and O–H groups in total. The molecule has 3 heterocycles. The SMILES string of the molecule is COc1ccc2ccn3cc4c(=O)[nH]ncc4c3c2c1OC. The molecule has 4 rings (SSSR count). The zero-order valence-electron chi connectivity index (χ0n) is 12.1. The van der Waals surface area contributed by atoms with Gasteiger partial charge in [-0.2, -0.15) is 5.10 Å². The molecule has 0 bridgehead atoms. The van der Waals surface area contributed by atoms with E-state index in [1.54, 1.807) is 26.6 Å². The van der Waals surface area contributed by atoms with Crippen LogP contribution in [0.1, 0.15) is 0 Å². The van der Waals surface area contributed by atoms with Crippen LogP contribution in [0.25, 0.3) is 27.1 Å². The molecule has 22 heavy (non-hydrogen) atoms. The van der Waals surface area contributed by atoms with E-state index in [9.17, 15) is 4.79 Å². The lowest BCUT2D eigenvalue weighted by atomic mass is 10.1. The molecule has 0 saturated heterocycles. The second kappa shape index (κ2) is 4.49. The molecule has 4 aromatic rings. The highest BCUT2D eigenvalue weighted by molar-refractivity contribution is 6.13. The van der Waals surface area contributed by atoms with E-state index < -0.39 is 0 Å². The second-order valence-electron chi connectivity index (χ2n) is 4.99. The summed E-state index contributed by atoms with van der Waals surface area (Å²) >= 11 is 0. The molecule has 3 aromatic heterocycles. The number of fused-ring (bicyclic) bond motifs is 5. The van der Waals surface area contributed by atoms with E-state index in [-0.39, 0.29) is 5.56 Å². The molecule has 0 aliphatic rings. The Labute approximate surface area is 124 Å². The van der Waals surface area contributed by atoms with Gasteiger partial charge in [0.2, 0.25) is 0 Å². The Morgan fingerprint density at radius 3 is 2.77 bits per heavy atom. The molecule has 110 valence electrons. The van der Waals surface area contributed by atoms with Crippen LogP contribution in [0.5, 0.6) is 11.5 Å². The van der Waals surface area contributed by atoms with Crippen LogP contribution in [-0.4, -0.2) is 28.8 Å². The maximum atomic E-state index is 12.0. The van der Waals surface area contributed by atoms with Crippen molar-refractivity contribution in [3.05, 3.63) is 47.1 Å². The number of nitrogens with zero attached hydrogens (tertiary/aromatic N) is 2. The summed E-state index contributed by atoms with van der Waals surface area (Å²) < 4.78 is 12.9. The Bertz CT molecular complexity index is 1080. The lowest BCUT2D eigenvalue weighted by molar-refractivity contribution is 0.358. The summed E-state index contributed by atoms with van der Waals surface area (Å²) in [6.07, 6.45) is 5.37. The highest BCUT2D eigenvalue weighted by Gasteiger charge is 2.16. The molecule has 0 atom stereocenters. The highest BCUT2D eigenvalue weighted by atomic mass is 16.5. The molecular formula is C16H13N3O3. The minimum absolute atomic E-state index is 0.212. The molecule has 0 aliphatic heterocycles. The molecular weight excluding hydrogens is 282 g/mol. The molecule has 0 saturated carbocycles. The van der Waals surface area contributed by atoms with Gasteiger partial charge >= 0.3 is 0 Å². The van der Waals surface area contributed by atoms with Gasteiger partial charge in [-0.05, 0) is 17.5 Å². The zero-order chi connectivity index (χ0) is 15.3. The molecule has 0 radical (unpaired) electrons. The number of benzene rings is 1. The summed E-state index contributed by atoms with van der Waals surface area (Å²) in [7, 11) is 3.21. The Balaban J connectivity index is 2.34. The normalized spacial score (nSPS) is 11.4. The van der Waals surface area contributed by atoms with Crippen molar-refractivity contribution in [2.24, 2.45) is 0 Å². The lowest BCUT2D eigenvalue weighted by Gasteiger charge is -2.12. The average Bonchev–Trinajstić information content (AvgIpc) is 2.94. The monoisotopic (exact) mass is 295 g/mol. The summed E-state index contributed by atoms with van der Waals surface area (Å²) in [6.45, 7) is 0. The molecule has 0 amide bonds. The van der Waals surface area contributed by atoms with E-state index in [1.807, 2.05) is 28.8 Å². The predicted molar refractivity (Wildman–Crippen MR) is 83.9 cm³/mol. The van der Waals surface area contributed by atoms with Crippen molar-refractivity contribution in [3.63, 3.8) is 0 Å². The first kappa shape index (κ1) is 12.7. The fourth-order valence-corrected chi connectivity index (χ4v) is 2.93. The van der Waals surface area contributed by atoms with Crippen LogP contribution >= 0.6 is 0 Å². The van der Waals surface area contributed by atoms with E-state index >= 15 is 0 Å². The van der Waals surface area contributed by atoms with Crippen molar-refractivity contribution in [2.75, 3.05) is 14.2 Å². The van der Waals surface area contributed by atoms with Crippen LogP contribution in [0.3, 0.4) is 0 Å². The number of hydrogen-bond acceptors (Lipinski definition) is 4. The number of pyridine rings is 1. The van der Waals surface area contributed by atoms with E-state index in [2.05, 4.69) is 10.2 Å². The van der Waals surface area contributed by atoms with Gasteiger partial charge in [0.25, 0.3) is 5.56 Å². The van der Waals surface area contributed by atoms with Gasteiger partial charge in [-0.25, -0.2) is 5.10 Å². The number of aromatic amines is 1. The maximum absolute atomic E-state index is 12.0. The first-order chi connectivity index (χ1) is 10.7. The van der Waals surface area contributed by atoms with E-state index in [1.165, 1.54) is 0 Å². The van der Waals surface area contributed by atoms with E-state index in [4.69, 9.17) is 9.47 Å². The van der Waals surface area contributed by atoms with Crippen LogP contribution in [0, 0.1) is 0 Å². The molecule has 0 unspecified atom stereocenters. The molecule has 0 aliphatic carbocycles. The highest BCUT2D eigenvalue weighted by Crippen LogP contribution is 2.39. The van der Waals surface area contributed by atoms with Gasteiger partial charge in [-0.1, -0.05) is 6.07 Å². The van der Waals surface area contributed by atoms with Crippen LogP contribution in [0.4, 0.5) is 0 Å². The number of aromatic nitrogens is 3. The Morgan fingerprint density at radius 1 is 1.14 bits per heavy atom. The predicted octanol–water partition coefficient (Wildman–Crippen LogP) is 2.35. The van der Waals surface area contributed by atoms with Gasteiger partial charge in [0.15, 0.2) is 11.5 Å². The zero-order valence-corrected chi connectivity index (χ0v) is 12.1. The number of H-pyrrole nitrogens is 1. The van der Waals surface area contributed by atoms with E-state index in [0.717, 1.165) is 21.7 Å². The second-order valence-corrected chi connectivity index (χ2v) is 4.99. The van der Waals surface area contributed by atoms with Gasteiger partial charge < -0.3 is 13.9 Å². The molecule has 0 fully saturated rings. The Kier molecular flexibility index (Phi) is 2.59. The van der Waals surface area contributed by atoms with Gasteiger partial charge in [-0.3, -0.25) is 4.79 Å². The quantitative estimate of drug-likeness (QED) is 0.616. The van der Waals surface area contributed by atoms with Gasteiger partial charge in [0.05, 0.1) is 36.7 Å². The molecule has 6 nitrogen and oxygen atoms in total. The van der Waals surface area contributed by atoms with Crippen molar-refractivity contribution in [2.45, 2.75) is 0 Å². The van der Waals surface area contributed by atoms with Crippen LogP contribution in [0.15, 0.2) is 41.6 Å². The van der Waals surface area contributed by atoms with Gasteiger partial charge in [0.1, 0.15) is 0 Å². The minimum atomic E-state index is -0.212. The topological polar surface area (TPSA) is 68.6 Å². The molecule has 0 spiro atoms. The van der Waals surface area contributed by atoms with Crippen molar-refractivity contribution in [1.82, 2.24) is 14.6 Å². The third-order valence-corrected chi connectivity index (χ3v) is 3.91. The average molecular weight is 295 g/mol. The van der Waals surface area contributed by atoms with Crippen molar-refractivity contribution in [3.8, 4) is 11.5 Å². The summed E-state index contributed by atoms with van der Waals surface area (Å²) in [5, 5.41) is 9.65. The first-order valence-corrected chi connectivity index (χ1v) is 6.76. The first-order valence-electron chi connectivity index (χ1n) is 6.76. The van der Waals surface area contributed by atoms with Crippen molar-refractivity contribution in [1.29, 1.82) is 0 Å². The van der Waals surface area contributed by atoms with Crippen LogP contribution < -0.4 is 15.0 Å². The number of nitrogens with one attached hydrogen (secondary N) is 1. The summed E-state index contributed by atoms with van der Waals surface area (Å²) in [5.74, 6) is 1.29. The van der Waals surface area contributed by atoms with Crippen molar-refractivity contribution < 1.29 is 9.47 Å². The molecule has 1 aromatic carbocycles. The fourth-order valence-electron chi connectivity index (χ4n) is 2.93. The minimum Gasteiger partial charge on any atom is -0.493 e. The Morgan fingerprint density at radius 2 is 2.00 bits per heavy atom. The smallest absolute Gasteiger partial charge is 0.273 e. The number of rotatable bonds is 2. The summed E-state index contributed by atoms with van der Waals surface area (Å²) in [5.41, 5.74) is 0.665. The number of methoxy groups -OCH3 is 2. The van der Waals surface area contributed by atoms with Gasteiger partial charge in [0, 0.05) is 17.8 Å². The lowest BCUT2D eigenvalue weighted by Crippen LogP contribution is -2.05. The summed E-state index contributed by atoms with van der Waals surface area (Å²) in [6, 6.07) is 5.81. The third kappa shape index (κ3) is 1.54. The summed E-state index contributed by atoms with van der Waals surface area (Å²) in [4.78, 5) is 12.0. The van der Waals surface area contributed by atoms with Crippen LogP contribution in [-0.2, 0) is 0 Å². The fraction of sp³-hybridized carbons (Fsp3) is 0.125. The standard InChI is InChI=1S/C16H13N3O3/c1-21-12-4-3-9-5-6-19-8-11-10(7-17-18-16(11)20)14(19)13(9)15(12)22-2/h3-8H,1-2H3,(H,18,20). The Hall–Kier alpha value is -3.02. The number of hydrogen-bond donors (Lipinski definition) is 1. The number of ether oxygens (including phenoxy) is 2. The largest absolute Gasteiger partial charge is 0.493 e. The third-order valence-electron chi connectivity index (χ3n) is 3.91. The van der Waals surface area contributed by atoms with Crippen LogP contribution in [0.2, 0.25) is 0 Å².